The monoisotopic (exact) mass is 409 g/mol. The molecule has 29 heavy (non-hydrogen) atoms. The van der Waals surface area contributed by atoms with Crippen LogP contribution in [0.2, 0.25) is 0 Å². The van der Waals surface area contributed by atoms with Crippen LogP contribution < -0.4 is 4.90 Å². The van der Waals surface area contributed by atoms with Gasteiger partial charge in [-0.15, -0.1) is 0 Å². The van der Waals surface area contributed by atoms with Crippen LogP contribution in [0.15, 0.2) is 30.5 Å². The molecule has 2 heterocycles. The Hall–Kier alpha value is -1.86. The number of anilines is 1. The van der Waals surface area contributed by atoms with Gasteiger partial charge in [0.15, 0.2) is 0 Å². The van der Waals surface area contributed by atoms with Crippen molar-refractivity contribution in [2.45, 2.75) is 39.5 Å². The van der Waals surface area contributed by atoms with E-state index in [1.54, 1.807) is 18.2 Å². The van der Waals surface area contributed by atoms with Crippen LogP contribution in [0.1, 0.15) is 32.8 Å². The molecule has 2 atom stereocenters. The quantitative estimate of drug-likeness (QED) is 0.655. The van der Waals surface area contributed by atoms with Crippen LogP contribution in [0.5, 0.6) is 0 Å². The molecule has 0 N–H and O–H groups in total. The molecule has 1 saturated heterocycles. The minimum atomic E-state index is -4.42. The number of rotatable bonds is 7. The smallest absolute Gasteiger partial charge is 0.375 e. The van der Waals surface area contributed by atoms with Gasteiger partial charge in [0.2, 0.25) is 0 Å². The van der Waals surface area contributed by atoms with Crippen LogP contribution in [-0.2, 0) is 10.9 Å². The van der Waals surface area contributed by atoms with Crippen molar-refractivity contribution in [2.24, 2.45) is 5.92 Å². The fourth-order valence-corrected chi connectivity index (χ4v) is 4.16. The maximum atomic E-state index is 13.4. The average molecular weight is 409 g/mol. The number of halogens is 3. The molecule has 2 aromatic rings. The first-order valence-corrected chi connectivity index (χ1v) is 10.4. The SMILES string of the molecule is CCN(CC)CCO[C@@H]1C[C@H](C)CN(c2ccc(C(F)(F)F)c3ncccc23)C1. The van der Waals surface area contributed by atoms with Gasteiger partial charge >= 0.3 is 6.18 Å². The second-order valence-corrected chi connectivity index (χ2v) is 7.80. The van der Waals surface area contributed by atoms with Gasteiger partial charge in [0, 0.05) is 36.9 Å². The first kappa shape index (κ1) is 21.8. The summed E-state index contributed by atoms with van der Waals surface area (Å²) in [6, 6.07) is 6.15. The van der Waals surface area contributed by atoms with Gasteiger partial charge < -0.3 is 14.5 Å². The van der Waals surface area contributed by atoms with Gasteiger partial charge in [-0.3, -0.25) is 4.98 Å². The third-order valence-corrected chi connectivity index (χ3v) is 5.67. The molecule has 1 aromatic carbocycles. The molecule has 0 aliphatic carbocycles. The van der Waals surface area contributed by atoms with E-state index in [0.717, 1.165) is 44.4 Å². The van der Waals surface area contributed by atoms with Gasteiger partial charge in [-0.1, -0.05) is 20.8 Å². The van der Waals surface area contributed by atoms with E-state index in [1.165, 1.54) is 6.20 Å². The summed E-state index contributed by atoms with van der Waals surface area (Å²) in [6.45, 7) is 11.5. The number of aromatic nitrogens is 1. The van der Waals surface area contributed by atoms with Crippen LogP contribution >= 0.6 is 0 Å². The van der Waals surface area contributed by atoms with E-state index in [4.69, 9.17) is 4.74 Å². The van der Waals surface area contributed by atoms with Crippen molar-refractivity contribution in [2.75, 3.05) is 44.2 Å². The zero-order chi connectivity index (χ0) is 21.0. The Bertz CT molecular complexity index is 807. The topological polar surface area (TPSA) is 28.6 Å². The van der Waals surface area contributed by atoms with Gasteiger partial charge in [-0.25, -0.2) is 0 Å². The zero-order valence-corrected chi connectivity index (χ0v) is 17.4. The maximum absolute atomic E-state index is 13.4. The number of hydrogen-bond acceptors (Lipinski definition) is 4. The van der Waals surface area contributed by atoms with Gasteiger partial charge in [-0.05, 0) is 49.7 Å². The third-order valence-electron chi connectivity index (χ3n) is 5.67. The average Bonchev–Trinajstić information content (AvgIpc) is 2.69. The highest BCUT2D eigenvalue weighted by Crippen LogP contribution is 2.38. The van der Waals surface area contributed by atoms with Crippen LogP contribution in [0.25, 0.3) is 10.9 Å². The second kappa shape index (κ2) is 9.30. The second-order valence-electron chi connectivity index (χ2n) is 7.80. The summed E-state index contributed by atoms with van der Waals surface area (Å²) < 4.78 is 46.4. The summed E-state index contributed by atoms with van der Waals surface area (Å²) in [5, 5.41) is 0.540. The molecule has 0 amide bonds. The van der Waals surface area contributed by atoms with Crippen LogP contribution in [-0.4, -0.2) is 55.3 Å². The fraction of sp³-hybridized carbons (Fsp3) is 0.591. The van der Waals surface area contributed by atoms with E-state index < -0.39 is 11.7 Å². The van der Waals surface area contributed by atoms with Crippen molar-refractivity contribution in [1.82, 2.24) is 9.88 Å². The standard InChI is InChI=1S/C22H30F3N3O/c1-4-27(5-2)11-12-29-17-13-16(3)14-28(15-17)20-9-8-19(22(23,24)25)21-18(20)7-6-10-26-21/h6-10,16-17H,4-5,11-15H2,1-3H3/t16-,17+/m0/s1. The molecule has 0 bridgehead atoms. The highest BCUT2D eigenvalue weighted by molar-refractivity contribution is 5.94. The Kier molecular flexibility index (Phi) is 7.01. The molecule has 0 radical (unpaired) electrons. The summed E-state index contributed by atoms with van der Waals surface area (Å²) >= 11 is 0. The number of benzene rings is 1. The predicted molar refractivity (Wildman–Crippen MR) is 110 cm³/mol. The molecule has 160 valence electrons. The Balaban J connectivity index is 1.80. The number of ether oxygens (including phenoxy) is 1. The Labute approximate surface area is 170 Å². The summed E-state index contributed by atoms with van der Waals surface area (Å²) in [7, 11) is 0. The number of nitrogens with zero attached hydrogens (tertiary/aromatic N) is 3. The van der Waals surface area contributed by atoms with Crippen molar-refractivity contribution >= 4 is 16.6 Å². The molecule has 1 aromatic heterocycles. The Morgan fingerprint density at radius 3 is 2.62 bits per heavy atom. The van der Waals surface area contributed by atoms with Crippen molar-refractivity contribution in [3.63, 3.8) is 0 Å². The molecule has 1 aliphatic rings. The van der Waals surface area contributed by atoms with Gasteiger partial charge in [0.25, 0.3) is 0 Å². The number of alkyl halides is 3. The van der Waals surface area contributed by atoms with E-state index >= 15 is 0 Å². The molecular formula is C22H30F3N3O. The summed E-state index contributed by atoms with van der Waals surface area (Å²) in [5.74, 6) is 0.399. The molecule has 7 heteroatoms. The number of pyridine rings is 1. The van der Waals surface area contributed by atoms with Crippen molar-refractivity contribution in [3.05, 3.63) is 36.0 Å². The van der Waals surface area contributed by atoms with Crippen LogP contribution in [0.4, 0.5) is 18.9 Å². The van der Waals surface area contributed by atoms with Crippen LogP contribution in [0, 0.1) is 5.92 Å². The van der Waals surface area contributed by atoms with E-state index in [0.29, 0.717) is 24.5 Å². The predicted octanol–water partition coefficient (Wildman–Crippen LogP) is 4.83. The van der Waals surface area contributed by atoms with E-state index in [-0.39, 0.29) is 11.6 Å². The lowest BCUT2D eigenvalue weighted by molar-refractivity contribution is -0.136. The summed E-state index contributed by atoms with van der Waals surface area (Å²) in [4.78, 5) is 8.52. The summed E-state index contributed by atoms with van der Waals surface area (Å²) in [5.41, 5.74) is 0.119. The molecule has 0 saturated carbocycles. The number of fused-ring (bicyclic) bond motifs is 1. The largest absolute Gasteiger partial charge is 0.418 e. The highest BCUT2D eigenvalue weighted by Gasteiger charge is 2.34. The maximum Gasteiger partial charge on any atom is 0.418 e. The van der Waals surface area contributed by atoms with Crippen LogP contribution in [0.3, 0.4) is 0 Å². The normalized spacial score (nSPS) is 20.6. The number of piperidine rings is 1. The lowest BCUT2D eigenvalue weighted by Gasteiger charge is -2.38. The van der Waals surface area contributed by atoms with Crippen molar-refractivity contribution in [3.8, 4) is 0 Å². The minimum absolute atomic E-state index is 0.00901. The third kappa shape index (κ3) is 5.20. The molecule has 0 spiro atoms. The number of likely N-dealkylation sites (N-methyl/N-ethyl adjacent to an activating group) is 1. The Morgan fingerprint density at radius 2 is 1.93 bits per heavy atom. The van der Waals surface area contributed by atoms with E-state index in [1.807, 2.05) is 0 Å². The lowest BCUT2D eigenvalue weighted by Crippen LogP contribution is -2.44. The van der Waals surface area contributed by atoms with Gasteiger partial charge in [0.1, 0.15) is 0 Å². The molecule has 3 rings (SSSR count). The Morgan fingerprint density at radius 1 is 1.17 bits per heavy atom. The zero-order valence-electron chi connectivity index (χ0n) is 17.4. The first-order chi connectivity index (χ1) is 13.8. The molecule has 4 nitrogen and oxygen atoms in total. The molecule has 1 aliphatic heterocycles. The lowest BCUT2D eigenvalue weighted by atomic mass is 9.96. The molecule has 0 unspecified atom stereocenters. The first-order valence-electron chi connectivity index (χ1n) is 10.4. The summed E-state index contributed by atoms with van der Waals surface area (Å²) in [6.07, 6.45) is -1.97. The molecular weight excluding hydrogens is 379 g/mol. The van der Waals surface area contributed by atoms with E-state index in [9.17, 15) is 13.2 Å². The minimum Gasteiger partial charge on any atom is -0.375 e. The molecule has 1 fully saturated rings. The van der Waals surface area contributed by atoms with Crippen molar-refractivity contribution in [1.29, 1.82) is 0 Å². The van der Waals surface area contributed by atoms with Crippen molar-refractivity contribution < 1.29 is 17.9 Å². The fourth-order valence-electron chi connectivity index (χ4n) is 4.16. The van der Waals surface area contributed by atoms with Gasteiger partial charge in [0.05, 0.1) is 23.8 Å². The van der Waals surface area contributed by atoms with E-state index in [2.05, 4.69) is 35.6 Å². The van der Waals surface area contributed by atoms with Gasteiger partial charge in [-0.2, -0.15) is 13.2 Å². The number of hydrogen-bond donors (Lipinski definition) is 0. The highest BCUT2D eigenvalue weighted by atomic mass is 19.4.